The van der Waals surface area contributed by atoms with E-state index in [1.54, 1.807) is 37.3 Å². The Hall–Kier alpha value is -3.30. The molecular formula is C21H33N7O7S. The number of carbonyl (C=O) groups is 2. The number of benzene rings is 1. The standard InChI is InChI=1S/C21H33N7O7S/c1-15(19(30)24-17(13-29)9-5-11-23-21(22)25-28(32)33)27-12-6-10-18(20(27)31)26-36(34,35)14-16-7-3-2-4-8-16/h2-4,7-8,15,17-18,26,29H,5-6,9-14H2,1H3,(H,24,30)(H3,22,23,25)/t15-,17+,18+/m1/s1. The van der Waals surface area contributed by atoms with E-state index >= 15 is 0 Å². The van der Waals surface area contributed by atoms with E-state index in [2.05, 4.69) is 20.5 Å². The molecule has 0 aliphatic carbocycles. The maximum atomic E-state index is 13.0. The van der Waals surface area contributed by atoms with Crippen molar-refractivity contribution in [3.63, 3.8) is 0 Å². The molecule has 1 saturated heterocycles. The number of nitrogens with two attached hydrogens (primary N) is 1. The first-order valence-electron chi connectivity index (χ1n) is 11.5. The summed E-state index contributed by atoms with van der Waals surface area (Å²) in [6, 6.07) is 6.15. The number of hydrogen-bond acceptors (Lipinski definition) is 7. The fourth-order valence-corrected chi connectivity index (χ4v) is 5.17. The maximum absolute atomic E-state index is 13.0. The lowest BCUT2D eigenvalue weighted by Gasteiger charge is -2.36. The summed E-state index contributed by atoms with van der Waals surface area (Å²) in [4.78, 5) is 37.4. The van der Waals surface area contributed by atoms with E-state index in [4.69, 9.17) is 5.73 Å². The molecule has 1 aromatic carbocycles. The van der Waals surface area contributed by atoms with Gasteiger partial charge in [-0.2, -0.15) is 0 Å². The van der Waals surface area contributed by atoms with Gasteiger partial charge in [0.2, 0.25) is 21.8 Å². The topological polar surface area (TPSA) is 209 Å². The van der Waals surface area contributed by atoms with Crippen molar-refractivity contribution in [3.05, 3.63) is 46.0 Å². The Morgan fingerprint density at radius 2 is 2.06 bits per heavy atom. The molecule has 1 fully saturated rings. The molecule has 200 valence electrons. The van der Waals surface area contributed by atoms with Gasteiger partial charge in [-0.25, -0.2) is 23.3 Å². The molecule has 1 aliphatic rings. The Kier molecular flexibility index (Phi) is 11.0. The molecule has 1 aromatic rings. The van der Waals surface area contributed by atoms with Crippen LogP contribution in [0, 0.1) is 10.1 Å². The highest BCUT2D eigenvalue weighted by Crippen LogP contribution is 2.17. The molecule has 0 bridgehead atoms. The molecule has 0 radical (unpaired) electrons. The molecule has 2 rings (SSSR count). The molecule has 3 atom stereocenters. The van der Waals surface area contributed by atoms with Gasteiger partial charge in [0.15, 0.2) is 5.03 Å². The number of nitrogens with zero attached hydrogens (tertiary/aromatic N) is 3. The van der Waals surface area contributed by atoms with Crippen LogP contribution >= 0.6 is 0 Å². The van der Waals surface area contributed by atoms with E-state index in [-0.39, 0.29) is 24.9 Å². The quantitative estimate of drug-likeness (QED) is 0.0687. The molecule has 1 aliphatic heterocycles. The van der Waals surface area contributed by atoms with Crippen LogP contribution in [0.4, 0.5) is 0 Å². The van der Waals surface area contributed by atoms with Gasteiger partial charge >= 0.3 is 0 Å². The third-order valence-electron chi connectivity index (χ3n) is 5.63. The van der Waals surface area contributed by atoms with E-state index in [0.717, 1.165) is 0 Å². The van der Waals surface area contributed by atoms with Gasteiger partial charge in [0.25, 0.3) is 5.96 Å². The molecule has 0 aromatic heterocycles. The van der Waals surface area contributed by atoms with Gasteiger partial charge in [-0.1, -0.05) is 30.3 Å². The Bertz CT molecular complexity index is 1040. The molecule has 0 unspecified atom stereocenters. The van der Waals surface area contributed by atoms with Crippen molar-refractivity contribution in [2.45, 2.75) is 56.5 Å². The Labute approximate surface area is 209 Å². The zero-order valence-electron chi connectivity index (χ0n) is 20.0. The van der Waals surface area contributed by atoms with E-state index in [1.165, 1.54) is 4.90 Å². The number of aliphatic hydroxyl groups is 1. The van der Waals surface area contributed by atoms with Crippen LogP contribution in [0.3, 0.4) is 0 Å². The lowest BCUT2D eigenvalue weighted by molar-refractivity contribution is -0.485. The highest BCUT2D eigenvalue weighted by Gasteiger charge is 2.36. The van der Waals surface area contributed by atoms with E-state index in [9.17, 15) is 33.2 Å². The van der Waals surface area contributed by atoms with Crippen LogP contribution in [-0.4, -0.2) is 79.1 Å². The predicted molar refractivity (Wildman–Crippen MR) is 131 cm³/mol. The second-order valence-electron chi connectivity index (χ2n) is 8.45. The van der Waals surface area contributed by atoms with Gasteiger partial charge < -0.3 is 26.4 Å². The molecule has 1 heterocycles. The number of amides is 2. The average molecular weight is 528 g/mol. The second kappa shape index (κ2) is 13.7. The summed E-state index contributed by atoms with van der Waals surface area (Å²) < 4.78 is 27.6. The normalized spacial score (nSPS) is 18.4. The lowest BCUT2D eigenvalue weighted by atomic mass is 10.0. The highest BCUT2D eigenvalue weighted by atomic mass is 32.2. The van der Waals surface area contributed by atoms with Crippen LogP contribution in [0.5, 0.6) is 0 Å². The van der Waals surface area contributed by atoms with Gasteiger partial charge in [-0.3, -0.25) is 9.59 Å². The smallest absolute Gasteiger partial charge is 0.266 e. The van der Waals surface area contributed by atoms with E-state index in [1.807, 2.05) is 0 Å². The van der Waals surface area contributed by atoms with Crippen molar-refractivity contribution >= 4 is 27.8 Å². The number of likely N-dealkylation sites (tertiary alicyclic amines) is 1. The van der Waals surface area contributed by atoms with E-state index < -0.39 is 45.0 Å². The number of carbonyl (C=O) groups excluding carboxylic acids is 2. The van der Waals surface area contributed by atoms with Crippen molar-refractivity contribution in [3.8, 4) is 0 Å². The van der Waals surface area contributed by atoms with Gasteiger partial charge in [0, 0.05) is 13.1 Å². The third kappa shape index (κ3) is 9.39. The van der Waals surface area contributed by atoms with Crippen molar-refractivity contribution in [2.24, 2.45) is 10.8 Å². The van der Waals surface area contributed by atoms with Gasteiger partial charge in [0.05, 0.1) is 18.4 Å². The van der Waals surface area contributed by atoms with Crippen LogP contribution in [0.25, 0.3) is 0 Å². The Morgan fingerprint density at radius 1 is 1.36 bits per heavy atom. The monoisotopic (exact) mass is 527 g/mol. The number of aliphatic hydroxyl groups excluding tert-OH is 1. The Balaban J connectivity index is 1.88. The molecular weight excluding hydrogens is 494 g/mol. The summed E-state index contributed by atoms with van der Waals surface area (Å²) in [5, 5.41) is 27.1. The maximum Gasteiger partial charge on any atom is 0.266 e. The first kappa shape index (κ1) is 28.9. The van der Waals surface area contributed by atoms with Crippen molar-refractivity contribution in [1.29, 1.82) is 0 Å². The number of hydrogen-bond donors (Lipinski definition) is 5. The summed E-state index contributed by atoms with van der Waals surface area (Å²) in [5.74, 6) is -1.58. The van der Waals surface area contributed by atoms with Crippen LogP contribution in [0.1, 0.15) is 38.2 Å². The summed E-state index contributed by atoms with van der Waals surface area (Å²) >= 11 is 0. The van der Waals surface area contributed by atoms with Crippen LogP contribution in [0.15, 0.2) is 35.4 Å². The number of rotatable bonds is 13. The average Bonchev–Trinajstić information content (AvgIpc) is 2.81. The predicted octanol–water partition coefficient (Wildman–Crippen LogP) is -1.16. The minimum atomic E-state index is -3.78. The minimum Gasteiger partial charge on any atom is -0.394 e. The second-order valence-corrected chi connectivity index (χ2v) is 10.2. The van der Waals surface area contributed by atoms with Crippen molar-refractivity contribution in [2.75, 3.05) is 19.7 Å². The highest BCUT2D eigenvalue weighted by molar-refractivity contribution is 7.88. The first-order valence-corrected chi connectivity index (χ1v) is 13.2. The molecule has 0 saturated carbocycles. The Morgan fingerprint density at radius 3 is 2.69 bits per heavy atom. The first-order chi connectivity index (χ1) is 17.0. The number of piperidine rings is 1. The summed E-state index contributed by atoms with van der Waals surface area (Å²) in [6.45, 7) is 1.72. The fourth-order valence-electron chi connectivity index (χ4n) is 3.81. The zero-order chi connectivity index (χ0) is 26.7. The molecule has 36 heavy (non-hydrogen) atoms. The number of sulfonamides is 1. The van der Waals surface area contributed by atoms with Crippen LogP contribution in [-0.2, 0) is 25.4 Å². The molecule has 14 nitrogen and oxygen atoms in total. The molecule has 2 amide bonds. The van der Waals surface area contributed by atoms with Crippen LogP contribution < -0.4 is 21.1 Å². The number of hydrazone groups is 1. The van der Waals surface area contributed by atoms with Crippen molar-refractivity contribution in [1.82, 2.24) is 20.3 Å². The molecule has 6 N–H and O–H groups in total. The van der Waals surface area contributed by atoms with Gasteiger partial charge in [-0.15, -0.1) is 0 Å². The van der Waals surface area contributed by atoms with Gasteiger partial charge in [0.1, 0.15) is 17.2 Å². The third-order valence-corrected chi connectivity index (χ3v) is 6.99. The number of nitro groups is 1. The zero-order valence-corrected chi connectivity index (χ0v) is 20.8. The number of guanidine groups is 1. The van der Waals surface area contributed by atoms with E-state index in [0.29, 0.717) is 37.8 Å². The van der Waals surface area contributed by atoms with Crippen molar-refractivity contribution < 1.29 is 28.1 Å². The largest absolute Gasteiger partial charge is 0.394 e. The summed E-state index contributed by atoms with van der Waals surface area (Å²) in [7, 11) is -3.78. The minimum absolute atomic E-state index is 0.237. The van der Waals surface area contributed by atoms with Gasteiger partial charge in [-0.05, 0) is 38.2 Å². The fraction of sp³-hybridized carbons (Fsp3) is 0.571. The SMILES string of the molecule is C[C@H](C(=O)N[C@H](CO)CCCN/C(N)=N/[N+](=O)[O-])N1CCC[C@H](NS(=O)(=O)Cc2ccccc2)C1=O. The molecule has 0 spiro atoms. The summed E-state index contributed by atoms with van der Waals surface area (Å²) in [5.41, 5.74) is 5.92. The number of nitrogens with one attached hydrogen (secondary N) is 3. The van der Waals surface area contributed by atoms with Crippen LogP contribution in [0.2, 0.25) is 0 Å². The molecule has 15 heteroatoms. The lowest BCUT2D eigenvalue weighted by Crippen LogP contribution is -2.58. The summed E-state index contributed by atoms with van der Waals surface area (Å²) in [6.07, 6.45) is 1.60.